The van der Waals surface area contributed by atoms with E-state index >= 15 is 0 Å². The Bertz CT molecular complexity index is 31.6. The van der Waals surface area contributed by atoms with E-state index in [9.17, 15) is 0 Å². The summed E-state index contributed by atoms with van der Waals surface area (Å²) in [6.07, 6.45) is 1.67. The SMILES string of the molecule is CCB(O)O.CCC. The second-order valence-electron chi connectivity index (χ2n) is 1.60. The Morgan fingerprint density at radius 3 is 1.25 bits per heavy atom. The second kappa shape index (κ2) is 10.1. The molecular formula is C5H15BO2. The molecule has 0 aromatic rings. The van der Waals surface area contributed by atoms with Crippen LogP contribution in [0.5, 0.6) is 0 Å². The predicted molar refractivity (Wildman–Crippen MR) is 36.6 cm³/mol. The maximum Gasteiger partial charge on any atom is 0.451 e. The highest BCUT2D eigenvalue weighted by atomic mass is 16.4. The van der Waals surface area contributed by atoms with Crippen molar-refractivity contribution in [2.24, 2.45) is 0 Å². The zero-order valence-corrected chi connectivity index (χ0v) is 5.89. The topological polar surface area (TPSA) is 40.5 Å². The van der Waals surface area contributed by atoms with Crippen LogP contribution in [0.25, 0.3) is 0 Å². The van der Waals surface area contributed by atoms with Crippen LogP contribution < -0.4 is 0 Å². The Balaban J connectivity index is 0. The van der Waals surface area contributed by atoms with Gasteiger partial charge in [-0.2, -0.15) is 0 Å². The van der Waals surface area contributed by atoms with Crippen LogP contribution in [0.3, 0.4) is 0 Å². The second-order valence-corrected chi connectivity index (χ2v) is 1.60. The molecule has 0 aromatic carbocycles. The molecule has 0 atom stereocenters. The van der Waals surface area contributed by atoms with Crippen LogP contribution in [0.1, 0.15) is 27.2 Å². The molecule has 0 saturated heterocycles. The van der Waals surface area contributed by atoms with Gasteiger partial charge in [0.15, 0.2) is 0 Å². The minimum Gasteiger partial charge on any atom is -0.427 e. The van der Waals surface area contributed by atoms with Crippen molar-refractivity contribution in [2.45, 2.75) is 33.5 Å². The van der Waals surface area contributed by atoms with Gasteiger partial charge < -0.3 is 10.0 Å². The summed E-state index contributed by atoms with van der Waals surface area (Å²) in [5.74, 6) is 0. The van der Waals surface area contributed by atoms with E-state index in [2.05, 4.69) is 13.8 Å². The fourth-order valence-electron chi connectivity index (χ4n) is 0. The maximum absolute atomic E-state index is 7.92. The molecule has 2 N–H and O–H groups in total. The molecular weight excluding hydrogens is 103 g/mol. The fraction of sp³-hybridized carbons (Fsp3) is 1.00. The molecule has 0 rings (SSSR count). The van der Waals surface area contributed by atoms with Gasteiger partial charge >= 0.3 is 7.12 Å². The van der Waals surface area contributed by atoms with E-state index in [1.54, 1.807) is 6.92 Å². The lowest BCUT2D eigenvalue weighted by Crippen LogP contribution is -2.06. The van der Waals surface area contributed by atoms with Crippen molar-refractivity contribution >= 4 is 7.12 Å². The average molecular weight is 118 g/mol. The van der Waals surface area contributed by atoms with Crippen molar-refractivity contribution in [3.63, 3.8) is 0 Å². The van der Waals surface area contributed by atoms with E-state index < -0.39 is 7.12 Å². The molecule has 0 aliphatic rings. The molecule has 0 fully saturated rings. The summed E-state index contributed by atoms with van der Waals surface area (Å²) in [5.41, 5.74) is 0. The molecule has 50 valence electrons. The monoisotopic (exact) mass is 118 g/mol. The Labute approximate surface area is 51.7 Å². The summed E-state index contributed by atoms with van der Waals surface area (Å²) in [6.45, 7) is 5.95. The predicted octanol–water partition coefficient (Wildman–Crippen LogP) is 0.895. The van der Waals surface area contributed by atoms with Gasteiger partial charge in [0.1, 0.15) is 0 Å². The Kier molecular flexibility index (Phi) is 13.7. The Hall–Kier alpha value is -0.0151. The lowest BCUT2D eigenvalue weighted by atomic mass is 9.88. The first-order valence-electron chi connectivity index (χ1n) is 3.05. The van der Waals surface area contributed by atoms with Gasteiger partial charge in [-0.15, -0.1) is 0 Å². The maximum atomic E-state index is 7.92. The first-order chi connectivity index (χ1) is 3.68. The van der Waals surface area contributed by atoms with Crippen LogP contribution in [-0.2, 0) is 0 Å². The third-order valence-corrected chi connectivity index (χ3v) is 0.365. The summed E-state index contributed by atoms with van der Waals surface area (Å²) in [5, 5.41) is 15.8. The third-order valence-electron chi connectivity index (χ3n) is 0.365. The zero-order valence-electron chi connectivity index (χ0n) is 5.89. The highest BCUT2D eigenvalue weighted by molar-refractivity contribution is 6.40. The molecule has 0 aliphatic heterocycles. The first-order valence-corrected chi connectivity index (χ1v) is 3.05. The van der Waals surface area contributed by atoms with Crippen LogP contribution >= 0.6 is 0 Å². The lowest BCUT2D eigenvalue weighted by Gasteiger charge is -1.81. The zero-order chi connectivity index (χ0) is 6.99. The van der Waals surface area contributed by atoms with Crippen molar-refractivity contribution in [3.8, 4) is 0 Å². The molecule has 0 unspecified atom stereocenters. The lowest BCUT2D eigenvalue weighted by molar-refractivity contribution is 0.408. The highest BCUT2D eigenvalue weighted by Crippen LogP contribution is 1.73. The number of hydrogen-bond donors (Lipinski definition) is 2. The smallest absolute Gasteiger partial charge is 0.427 e. The quantitative estimate of drug-likeness (QED) is 0.502. The number of rotatable bonds is 1. The van der Waals surface area contributed by atoms with Gasteiger partial charge in [0.05, 0.1) is 0 Å². The Morgan fingerprint density at radius 1 is 1.12 bits per heavy atom. The van der Waals surface area contributed by atoms with Gasteiger partial charge in [-0.3, -0.25) is 0 Å². The van der Waals surface area contributed by atoms with Gasteiger partial charge in [-0.05, 0) is 6.32 Å². The van der Waals surface area contributed by atoms with Gasteiger partial charge in [0.2, 0.25) is 0 Å². The summed E-state index contributed by atoms with van der Waals surface area (Å²) in [7, 11) is -1.12. The van der Waals surface area contributed by atoms with Crippen molar-refractivity contribution in [1.82, 2.24) is 0 Å². The van der Waals surface area contributed by atoms with E-state index in [1.807, 2.05) is 0 Å². The molecule has 3 heteroatoms. The van der Waals surface area contributed by atoms with Crippen molar-refractivity contribution in [1.29, 1.82) is 0 Å². The molecule has 0 heterocycles. The van der Waals surface area contributed by atoms with Crippen molar-refractivity contribution in [2.75, 3.05) is 0 Å². The van der Waals surface area contributed by atoms with Crippen LogP contribution in [-0.4, -0.2) is 17.2 Å². The number of hydrogen-bond acceptors (Lipinski definition) is 2. The first kappa shape index (κ1) is 10.9. The molecule has 8 heavy (non-hydrogen) atoms. The molecule has 0 aliphatic carbocycles. The van der Waals surface area contributed by atoms with E-state index in [0.717, 1.165) is 0 Å². The largest absolute Gasteiger partial charge is 0.451 e. The van der Waals surface area contributed by atoms with Gasteiger partial charge in [-0.1, -0.05) is 27.2 Å². The average Bonchev–Trinajstić information content (AvgIpc) is 1.69. The highest BCUT2D eigenvalue weighted by Gasteiger charge is 1.96. The fourth-order valence-corrected chi connectivity index (χ4v) is 0. The van der Waals surface area contributed by atoms with E-state index in [-0.39, 0.29) is 0 Å². The molecule has 0 amide bonds. The normalized spacial score (nSPS) is 7.12. The third kappa shape index (κ3) is 37.7. The van der Waals surface area contributed by atoms with Crippen LogP contribution in [0, 0.1) is 0 Å². The molecule has 0 saturated carbocycles. The summed E-state index contributed by atoms with van der Waals surface area (Å²) in [6, 6.07) is 0. The van der Waals surface area contributed by atoms with E-state index in [0.29, 0.717) is 6.32 Å². The van der Waals surface area contributed by atoms with Gasteiger partial charge in [0.25, 0.3) is 0 Å². The Morgan fingerprint density at radius 2 is 1.25 bits per heavy atom. The summed E-state index contributed by atoms with van der Waals surface area (Å²) in [4.78, 5) is 0. The van der Waals surface area contributed by atoms with Crippen LogP contribution in [0.4, 0.5) is 0 Å². The molecule has 0 spiro atoms. The van der Waals surface area contributed by atoms with E-state index in [1.165, 1.54) is 6.42 Å². The van der Waals surface area contributed by atoms with Gasteiger partial charge in [0, 0.05) is 0 Å². The van der Waals surface area contributed by atoms with Crippen molar-refractivity contribution < 1.29 is 10.0 Å². The van der Waals surface area contributed by atoms with Crippen LogP contribution in [0.15, 0.2) is 0 Å². The summed E-state index contributed by atoms with van der Waals surface area (Å²) >= 11 is 0. The van der Waals surface area contributed by atoms with Gasteiger partial charge in [-0.25, -0.2) is 0 Å². The minimum atomic E-state index is -1.12. The molecule has 2 nitrogen and oxygen atoms in total. The molecule has 0 bridgehead atoms. The summed E-state index contributed by atoms with van der Waals surface area (Å²) < 4.78 is 0. The molecule has 0 aromatic heterocycles. The standard InChI is InChI=1S/C3H8.C2H7BO2/c1-3-2;1-2-3(4)5/h3H2,1-2H3;4-5H,2H2,1H3. The van der Waals surface area contributed by atoms with Crippen LogP contribution in [0.2, 0.25) is 6.32 Å². The molecule has 0 radical (unpaired) electrons. The van der Waals surface area contributed by atoms with Crippen molar-refractivity contribution in [3.05, 3.63) is 0 Å². The minimum absolute atomic E-state index is 0.417. The van der Waals surface area contributed by atoms with E-state index in [4.69, 9.17) is 10.0 Å².